The third-order valence-electron chi connectivity index (χ3n) is 32.9. The second-order valence-corrected chi connectivity index (χ2v) is 41.0. The van der Waals surface area contributed by atoms with Crippen molar-refractivity contribution in [2.24, 2.45) is 23.7 Å². The van der Waals surface area contributed by atoms with E-state index in [-0.39, 0.29) is 21.7 Å². The number of unbranched alkanes of at least 4 members (excludes halogenated alkanes) is 1. The van der Waals surface area contributed by atoms with Gasteiger partial charge in [0.05, 0.1) is 22.1 Å². The van der Waals surface area contributed by atoms with Crippen molar-refractivity contribution in [3.63, 3.8) is 0 Å². The molecule has 8 saturated carbocycles. The van der Waals surface area contributed by atoms with Gasteiger partial charge in [0.15, 0.2) is 0 Å². The average molecular weight is 1740 g/mol. The number of aromatic nitrogens is 2. The summed E-state index contributed by atoms with van der Waals surface area (Å²) in [6, 6.07) is 145. The fourth-order valence-corrected chi connectivity index (χ4v) is 27.4. The molecule has 0 saturated heterocycles. The second-order valence-electron chi connectivity index (χ2n) is 41.0. The average Bonchev–Trinajstić information content (AvgIpc) is 0.990. The molecule has 2 heterocycles. The first-order valence-electron chi connectivity index (χ1n) is 49.6. The van der Waals surface area contributed by atoms with E-state index in [1.54, 1.807) is 11.1 Å². The highest BCUT2D eigenvalue weighted by Gasteiger charge is 2.60. The summed E-state index contributed by atoms with van der Waals surface area (Å²) in [6.45, 7) is 10.3. The third-order valence-corrected chi connectivity index (χ3v) is 32.9. The van der Waals surface area contributed by atoms with Crippen molar-refractivity contribution in [1.82, 2.24) is 9.13 Å². The number of benzene rings is 16. The van der Waals surface area contributed by atoms with Crippen LogP contribution in [0.1, 0.15) is 158 Å². The van der Waals surface area contributed by atoms with E-state index in [1.807, 2.05) is 12.2 Å². The zero-order valence-corrected chi connectivity index (χ0v) is 76.9. The second kappa shape index (κ2) is 33.2. The minimum Gasteiger partial charge on any atom is -0.310 e. The lowest BCUT2D eigenvalue weighted by molar-refractivity contribution is -0.0283. The maximum atomic E-state index is 4.04. The summed E-state index contributed by atoms with van der Waals surface area (Å²) in [5, 5.41) is 4.95. The quantitative estimate of drug-likeness (QED) is 0.0637. The highest BCUT2D eigenvalue weighted by Crippen LogP contribution is 2.68. The number of aryl methyl sites for hydroxylation is 5. The number of nitrogens with zero attached hydrogens (tertiary/aromatic N) is 6. The molecular formula is C128H114N6. The van der Waals surface area contributed by atoms with E-state index >= 15 is 0 Å². The maximum absolute atomic E-state index is 4.04. The van der Waals surface area contributed by atoms with Gasteiger partial charge < -0.3 is 28.7 Å². The lowest BCUT2D eigenvalue weighted by atomic mass is 9.41. The predicted molar refractivity (Wildman–Crippen MR) is 563 cm³/mol. The number of rotatable bonds is 23. The van der Waals surface area contributed by atoms with Gasteiger partial charge in [-0.1, -0.05) is 227 Å². The Morgan fingerprint density at radius 1 is 0.269 bits per heavy atom. The molecule has 4 unspecified atom stereocenters. The molecule has 0 N–H and O–H groups in total. The van der Waals surface area contributed by atoms with Crippen LogP contribution in [0.2, 0.25) is 0 Å². The van der Waals surface area contributed by atoms with Crippen molar-refractivity contribution in [2.75, 3.05) is 19.6 Å². The molecule has 134 heavy (non-hydrogen) atoms. The molecule has 0 spiro atoms. The van der Waals surface area contributed by atoms with Gasteiger partial charge in [0, 0.05) is 101 Å². The van der Waals surface area contributed by atoms with Crippen molar-refractivity contribution < 1.29 is 0 Å². The Morgan fingerprint density at radius 3 is 0.791 bits per heavy atom. The molecule has 28 rings (SSSR count). The van der Waals surface area contributed by atoms with Crippen molar-refractivity contribution in [3.05, 3.63) is 457 Å². The number of hydrogen-bond acceptors (Lipinski definition) is 4. The normalized spacial score (nSPS) is 21.3. The Morgan fingerprint density at radius 2 is 0.522 bits per heavy atom. The van der Waals surface area contributed by atoms with Crippen LogP contribution >= 0.6 is 0 Å². The van der Waals surface area contributed by atoms with E-state index in [2.05, 4.69) is 431 Å². The minimum atomic E-state index is 0.221. The molecule has 6 heteroatoms. The zero-order chi connectivity index (χ0) is 89.2. The van der Waals surface area contributed by atoms with Gasteiger partial charge in [0.1, 0.15) is 0 Å². The molecule has 10 aliphatic carbocycles. The van der Waals surface area contributed by atoms with E-state index in [0.717, 1.165) is 88.4 Å². The molecule has 0 aliphatic heterocycles. The van der Waals surface area contributed by atoms with Crippen LogP contribution in [0.15, 0.2) is 395 Å². The van der Waals surface area contributed by atoms with Crippen molar-refractivity contribution in [1.29, 1.82) is 0 Å². The standard InChI is InChI=1S/C66H61N3.C62H53N3/c1-3-5-12-47-19-28-56(29-20-47)68(58-30-23-50-21-22-51(50)38-58)60-34-36-64-62(40-60)61-39-59(67(54-13-8-6-9-14-54)55-15-10-7-11-16-55)33-35-63(61)69(64)57-31-26-53(27-32-57)66-43-48-37-49(44-66)42-65(41-48,45-66)52-24-17-46(4-2)18-25-52;1-2-43-18-23-48(24-19-43)61-38-44-34-45(39-61)41-62(40-44,42-61)49-25-28-53(29-26-49)65-59-32-30-55(63(50-12-6-3-7-13-50)51-14-8-4-9-15-51)36-57(59)58-37-56(31-33-60(58)65)64(52-16-10-5-11-17-52)54-27-22-46-20-21-47(46)35-54/h4,6-11,13-20,23-36,38-40,48-49H,2-3,5,12,21-22,37,41-45H2,1H3;2-19,22-33,35-37,44-45H,1,20-21,34,38-42H2. The Balaban J connectivity index is 0.000000144. The molecule has 6 nitrogen and oxygen atoms in total. The van der Waals surface area contributed by atoms with Gasteiger partial charge in [-0.05, 0) is 416 Å². The highest BCUT2D eigenvalue weighted by atomic mass is 15.2. The minimum absolute atomic E-state index is 0.221. The smallest absolute Gasteiger partial charge is 0.0542 e. The molecule has 2 aromatic heterocycles. The number of para-hydroxylation sites is 5. The monoisotopic (exact) mass is 1730 g/mol. The van der Waals surface area contributed by atoms with Crippen LogP contribution in [0.3, 0.4) is 0 Å². The molecule has 0 radical (unpaired) electrons. The fourth-order valence-electron chi connectivity index (χ4n) is 27.4. The van der Waals surface area contributed by atoms with E-state index in [4.69, 9.17) is 0 Å². The SMILES string of the molecule is C=Cc1ccc(C23CC4CC(C2)CC(c2ccc(-n5c6ccc(N(c7ccccc7)c7ccccc7)cc6c6cc(N(c7ccc(CCCC)cc7)c7ccc8c(c7)CC8)ccc65)cc2)(C4)C3)cc1.C=Cc1ccc(C23CC4CC(C2)CC(c2ccc(-n5c6ccc(N(c7ccccc7)c7ccccc7)cc6c6cc(N(c7ccccc7)c7ccc8c(c7)CC8)ccc65)cc2)(C4)C3)cc1. The van der Waals surface area contributed by atoms with Gasteiger partial charge in [0.2, 0.25) is 0 Å². The van der Waals surface area contributed by atoms with Gasteiger partial charge in [-0.2, -0.15) is 0 Å². The molecule has 16 aromatic carbocycles. The number of anilines is 12. The summed E-state index contributed by atoms with van der Waals surface area (Å²) in [7, 11) is 0. The van der Waals surface area contributed by atoms with Crippen LogP contribution < -0.4 is 19.6 Å². The Hall–Kier alpha value is -14.2. The van der Waals surface area contributed by atoms with Crippen LogP contribution in [0.25, 0.3) is 67.1 Å². The van der Waals surface area contributed by atoms with E-state index in [9.17, 15) is 0 Å². The number of fused-ring (bicyclic) bond motifs is 8. The van der Waals surface area contributed by atoms with Crippen LogP contribution in [0, 0.1) is 23.7 Å². The summed E-state index contributed by atoms with van der Waals surface area (Å²) in [5.41, 5.74) is 38.0. The first-order chi connectivity index (χ1) is 66.0. The van der Waals surface area contributed by atoms with Crippen LogP contribution in [0.4, 0.5) is 68.2 Å². The molecule has 8 fully saturated rings. The van der Waals surface area contributed by atoms with Gasteiger partial charge in [-0.15, -0.1) is 0 Å². The topological polar surface area (TPSA) is 22.8 Å². The Bertz CT molecular complexity index is 7370. The molecule has 10 aliphatic rings. The van der Waals surface area contributed by atoms with Crippen molar-refractivity contribution in [2.45, 2.75) is 151 Å². The lowest BCUT2D eigenvalue weighted by Gasteiger charge is -2.63. The van der Waals surface area contributed by atoms with Crippen LogP contribution in [0.5, 0.6) is 0 Å². The van der Waals surface area contributed by atoms with Crippen LogP contribution in [-0.4, -0.2) is 9.13 Å². The van der Waals surface area contributed by atoms with Gasteiger partial charge >= 0.3 is 0 Å². The van der Waals surface area contributed by atoms with Crippen molar-refractivity contribution in [3.8, 4) is 11.4 Å². The highest BCUT2D eigenvalue weighted by molar-refractivity contribution is 6.14. The molecule has 18 aromatic rings. The zero-order valence-electron chi connectivity index (χ0n) is 76.9. The molecule has 0 amide bonds. The van der Waals surface area contributed by atoms with Crippen molar-refractivity contribution >= 4 is 124 Å². The molecule has 656 valence electrons. The molecule has 4 atom stereocenters. The molecule has 8 bridgehead atoms. The van der Waals surface area contributed by atoms with E-state index in [1.165, 1.54) is 231 Å². The maximum Gasteiger partial charge on any atom is 0.0542 e. The van der Waals surface area contributed by atoms with Gasteiger partial charge in [-0.25, -0.2) is 0 Å². The molecular weight excluding hydrogens is 1620 g/mol. The van der Waals surface area contributed by atoms with Crippen LogP contribution in [-0.2, 0) is 53.8 Å². The largest absolute Gasteiger partial charge is 0.310 e. The summed E-state index contributed by atoms with van der Waals surface area (Å²) in [5.74, 6) is 3.18. The predicted octanol–water partition coefficient (Wildman–Crippen LogP) is 33.9. The van der Waals surface area contributed by atoms with E-state index < -0.39 is 0 Å². The van der Waals surface area contributed by atoms with E-state index in [0.29, 0.717) is 0 Å². The summed E-state index contributed by atoms with van der Waals surface area (Å²) in [6.07, 6.45) is 28.0. The van der Waals surface area contributed by atoms with Gasteiger partial charge in [0.25, 0.3) is 0 Å². The summed E-state index contributed by atoms with van der Waals surface area (Å²) >= 11 is 0. The number of hydrogen-bond donors (Lipinski definition) is 0. The lowest BCUT2D eigenvalue weighted by Crippen LogP contribution is -2.55. The van der Waals surface area contributed by atoms with Gasteiger partial charge in [-0.3, -0.25) is 0 Å². The summed E-state index contributed by atoms with van der Waals surface area (Å²) < 4.78 is 5.04. The summed E-state index contributed by atoms with van der Waals surface area (Å²) in [4.78, 5) is 9.69. The Labute approximate surface area is 789 Å². The third kappa shape index (κ3) is 14.3. The first kappa shape index (κ1) is 81.8. The Kier molecular flexibility index (Phi) is 20.3. The fraction of sp³-hybridized carbons (Fsp3) is 0.219. The first-order valence-corrected chi connectivity index (χ1v) is 49.6.